The zero-order valence-electron chi connectivity index (χ0n) is 8.55. The highest BCUT2D eigenvalue weighted by atomic mass is 35.5. The van der Waals surface area contributed by atoms with E-state index >= 15 is 0 Å². The standard InChI is InChI=1S/C9H14ClN3OS/c1-2-4-11-8(14)3-5-12-9-13-7(10)6-15-9/h6H,2-5H2,1H3,(H,11,14)(H,12,13). The SMILES string of the molecule is CCCNC(=O)CCNc1nc(Cl)cs1. The lowest BCUT2D eigenvalue weighted by Crippen LogP contribution is -2.25. The molecule has 4 nitrogen and oxygen atoms in total. The van der Waals surface area contributed by atoms with Crippen molar-refractivity contribution < 1.29 is 4.79 Å². The first-order valence-electron chi connectivity index (χ1n) is 4.84. The van der Waals surface area contributed by atoms with Crippen LogP contribution in [0.2, 0.25) is 5.15 Å². The highest BCUT2D eigenvalue weighted by molar-refractivity contribution is 7.14. The molecule has 84 valence electrons. The molecular formula is C9H14ClN3OS. The van der Waals surface area contributed by atoms with E-state index in [-0.39, 0.29) is 5.91 Å². The van der Waals surface area contributed by atoms with Crippen molar-refractivity contribution in [1.82, 2.24) is 10.3 Å². The molecule has 1 rings (SSSR count). The third kappa shape index (κ3) is 4.99. The summed E-state index contributed by atoms with van der Waals surface area (Å²) in [5.41, 5.74) is 0. The maximum atomic E-state index is 11.2. The summed E-state index contributed by atoms with van der Waals surface area (Å²) in [6.07, 6.45) is 1.42. The maximum absolute atomic E-state index is 11.2. The van der Waals surface area contributed by atoms with Crippen molar-refractivity contribution >= 4 is 34.0 Å². The van der Waals surface area contributed by atoms with Crippen LogP contribution in [0.3, 0.4) is 0 Å². The Morgan fingerprint density at radius 3 is 3.00 bits per heavy atom. The average Bonchev–Trinajstić information content (AvgIpc) is 2.61. The van der Waals surface area contributed by atoms with Crippen molar-refractivity contribution in [2.75, 3.05) is 18.4 Å². The minimum Gasteiger partial charge on any atom is -0.361 e. The minimum absolute atomic E-state index is 0.0620. The summed E-state index contributed by atoms with van der Waals surface area (Å²) >= 11 is 7.08. The monoisotopic (exact) mass is 247 g/mol. The Morgan fingerprint density at radius 2 is 2.40 bits per heavy atom. The van der Waals surface area contributed by atoms with Crippen LogP contribution in [0.4, 0.5) is 5.13 Å². The zero-order valence-corrected chi connectivity index (χ0v) is 10.1. The molecule has 0 radical (unpaired) electrons. The van der Waals surface area contributed by atoms with E-state index in [9.17, 15) is 4.79 Å². The average molecular weight is 248 g/mol. The van der Waals surface area contributed by atoms with E-state index in [4.69, 9.17) is 11.6 Å². The Morgan fingerprint density at radius 1 is 1.60 bits per heavy atom. The highest BCUT2D eigenvalue weighted by Crippen LogP contribution is 2.18. The van der Waals surface area contributed by atoms with E-state index in [0.717, 1.165) is 18.1 Å². The molecule has 0 atom stereocenters. The van der Waals surface area contributed by atoms with Crippen LogP contribution in [0.1, 0.15) is 19.8 Å². The largest absolute Gasteiger partial charge is 0.361 e. The molecule has 1 amide bonds. The van der Waals surface area contributed by atoms with Crippen LogP contribution in [0.5, 0.6) is 0 Å². The van der Waals surface area contributed by atoms with Crippen LogP contribution in [0.15, 0.2) is 5.38 Å². The summed E-state index contributed by atoms with van der Waals surface area (Å²) in [6.45, 7) is 3.34. The third-order valence-electron chi connectivity index (χ3n) is 1.68. The van der Waals surface area contributed by atoms with Gasteiger partial charge in [-0.2, -0.15) is 0 Å². The predicted molar refractivity (Wildman–Crippen MR) is 63.5 cm³/mol. The van der Waals surface area contributed by atoms with E-state index in [1.165, 1.54) is 11.3 Å². The van der Waals surface area contributed by atoms with Gasteiger partial charge in [-0.1, -0.05) is 18.5 Å². The van der Waals surface area contributed by atoms with Crippen molar-refractivity contribution in [2.45, 2.75) is 19.8 Å². The van der Waals surface area contributed by atoms with E-state index in [0.29, 0.717) is 18.1 Å². The van der Waals surface area contributed by atoms with Crippen LogP contribution in [0, 0.1) is 0 Å². The Labute approximate surface area is 98.0 Å². The predicted octanol–water partition coefficient (Wildman–Crippen LogP) is 2.12. The van der Waals surface area contributed by atoms with E-state index in [2.05, 4.69) is 15.6 Å². The molecular weight excluding hydrogens is 234 g/mol. The van der Waals surface area contributed by atoms with Crippen LogP contribution >= 0.6 is 22.9 Å². The Bertz CT molecular complexity index is 316. The Hall–Kier alpha value is -0.810. The number of anilines is 1. The van der Waals surface area contributed by atoms with E-state index in [1.807, 2.05) is 6.92 Å². The second-order valence-corrected chi connectivity index (χ2v) is 4.25. The van der Waals surface area contributed by atoms with Gasteiger partial charge in [-0.3, -0.25) is 4.79 Å². The summed E-state index contributed by atoms with van der Waals surface area (Å²) < 4.78 is 0. The second-order valence-electron chi connectivity index (χ2n) is 3.00. The van der Waals surface area contributed by atoms with Gasteiger partial charge in [0.05, 0.1) is 0 Å². The number of nitrogens with zero attached hydrogens (tertiary/aromatic N) is 1. The topological polar surface area (TPSA) is 54.0 Å². The van der Waals surface area contributed by atoms with Gasteiger partial charge in [0, 0.05) is 24.9 Å². The lowest BCUT2D eigenvalue weighted by Gasteiger charge is -2.03. The molecule has 0 aliphatic rings. The number of hydrogen-bond donors (Lipinski definition) is 2. The molecule has 2 N–H and O–H groups in total. The number of carbonyl (C=O) groups excluding carboxylic acids is 1. The Kier molecular flexibility index (Phi) is 5.42. The number of nitrogens with one attached hydrogen (secondary N) is 2. The van der Waals surface area contributed by atoms with Gasteiger partial charge in [-0.05, 0) is 6.42 Å². The maximum Gasteiger partial charge on any atom is 0.221 e. The molecule has 0 aromatic carbocycles. The van der Waals surface area contributed by atoms with Crippen LogP contribution in [-0.4, -0.2) is 24.0 Å². The summed E-state index contributed by atoms with van der Waals surface area (Å²) in [5, 5.41) is 8.83. The first-order chi connectivity index (χ1) is 7.22. The molecule has 1 aromatic rings. The molecule has 0 fully saturated rings. The van der Waals surface area contributed by atoms with Gasteiger partial charge in [0.15, 0.2) is 5.13 Å². The van der Waals surface area contributed by atoms with Crippen molar-refractivity contribution in [3.63, 3.8) is 0 Å². The number of hydrogen-bond acceptors (Lipinski definition) is 4. The quantitative estimate of drug-likeness (QED) is 0.810. The van der Waals surface area contributed by atoms with Gasteiger partial charge in [-0.15, -0.1) is 11.3 Å². The molecule has 0 saturated carbocycles. The first-order valence-corrected chi connectivity index (χ1v) is 6.09. The number of thiazole rings is 1. The molecule has 1 aromatic heterocycles. The number of carbonyl (C=O) groups is 1. The number of aromatic nitrogens is 1. The molecule has 15 heavy (non-hydrogen) atoms. The first kappa shape index (κ1) is 12.3. The molecule has 0 unspecified atom stereocenters. The molecule has 0 spiro atoms. The summed E-state index contributed by atoms with van der Waals surface area (Å²) in [5.74, 6) is 0.0620. The second kappa shape index (κ2) is 6.63. The van der Waals surface area contributed by atoms with Crippen molar-refractivity contribution in [2.24, 2.45) is 0 Å². The lowest BCUT2D eigenvalue weighted by atomic mass is 10.4. The molecule has 0 saturated heterocycles. The smallest absolute Gasteiger partial charge is 0.221 e. The number of halogens is 1. The normalized spacial score (nSPS) is 10.0. The van der Waals surface area contributed by atoms with E-state index < -0.39 is 0 Å². The summed E-state index contributed by atoms with van der Waals surface area (Å²) in [7, 11) is 0. The number of amides is 1. The van der Waals surface area contributed by atoms with Crippen molar-refractivity contribution in [3.05, 3.63) is 10.5 Å². The molecule has 1 heterocycles. The third-order valence-corrected chi connectivity index (χ3v) is 2.80. The molecule has 0 bridgehead atoms. The van der Waals surface area contributed by atoms with Gasteiger partial charge in [0.1, 0.15) is 5.15 Å². The van der Waals surface area contributed by atoms with Gasteiger partial charge < -0.3 is 10.6 Å². The molecule has 6 heteroatoms. The fourth-order valence-corrected chi connectivity index (χ4v) is 1.84. The molecule has 0 aliphatic heterocycles. The highest BCUT2D eigenvalue weighted by Gasteiger charge is 2.01. The lowest BCUT2D eigenvalue weighted by molar-refractivity contribution is -0.120. The van der Waals surface area contributed by atoms with Gasteiger partial charge in [0.25, 0.3) is 0 Å². The van der Waals surface area contributed by atoms with Crippen LogP contribution in [0.25, 0.3) is 0 Å². The minimum atomic E-state index is 0.0620. The number of rotatable bonds is 6. The molecule has 0 aliphatic carbocycles. The Balaban J connectivity index is 2.13. The van der Waals surface area contributed by atoms with Gasteiger partial charge in [-0.25, -0.2) is 4.98 Å². The summed E-state index contributed by atoms with van der Waals surface area (Å²) in [4.78, 5) is 15.2. The van der Waals surface area contributed by atoms with Crippen molar-refractivity contribution in [3.8, 4) is 0 Å². The van der Waals surface area contributed by atoms with Gasteiger partial charge >= 0.3 is 0 Å². The van der Waals surface area contributed by atoms with Crippen LogP contribution in [-0.2, 0) is 4.79 Å². The fraction of sp³-hybridized carbons (Fsp3) is 0.556. The van der Waals surface area contributed by atoms with Crippen LogP contribution < -0.4 is 10.6 Å². The summed E-state index contributed by atoms with van der Waals surface area (Å²) in [6, 6.07) is 0. The fourth-order valence-electron chi connectivity index (χ4n) is 0.971. The van der Waals surface area contributed by atoms with E-state index in [1.54, 1.807) is 5.38 Å². The zero-order chi connectivity index (χ0) is 11.1. The van der Waals surface area contributed by atoms with Crippen molar-refractivity contribution in [1.29, 1.82) is 0 Å². The van der Waals surface area contributed by atoms with Gasteiger partial charge in [0.2, 0.25) is 5.91 Å².